The number of nitrogens with zero attached hydrogens (tertiary/aromatic N) is 3. The van der Waals surface area contributed by atoms with Crippen LogP contribution < -0.4 is 10.2 Å². The van der Waals surface area contributed by atoms with Crippen molar-refractivity contribution >= 4 is 17.5 Å². The first-order valence-corrected chi connectivity index (χ1v) is 8.76. The number of aromatic nitrogens is 2. The van der Waals surface area contributed by atoms with Crippen LogP contribution in [0.4, 0.5) is 5.69 Å². The number of hydrogen-bond donors (Lipinski definition) is 1. The van der Waals surface area contributed by atoms with E-state index in [-0.39, 0.29) is 11.8 Å². The molecule has 2 aromatic rings. The number of amides is 2. The Bertz CT molecular complexity index is 710. The van der Waals surface area contributed by atoms with Crippen molar-refractivity contribution in [3.63, 3.8) is 0 Å². The van der Waals surface area contributed by atoms with Crippen LogP contribution in [0.3, 0.4) is 0 Å². The highest BCUT2D eigenvalue weighted by atomic mass is 16.2. The Labute approximate surface area is 147 Å². The van der Waals surface area contributed by atoms with E-state index >= 15 is 0 Å². The zero-order valence-electron chi connectivity index (χ0n) is 14.5. The monoisotopic (exact) mass is 340 g/mol. The van der Waals surface area contributed by atoms with Crippen molar-refractivity contribution in [2.45, 2.75) is 45.2 Å². The molecule has 132 valence electrons. The fraction of sp³-hybridized carbons (Fsp3) is 0.421. The summed E-state index contributed by atoms with van der Waals surface area (Å²) >= 11 is 0. The van der Waals surface area contributed by atoms with E-state index in [1.165, 1.54) is 0 Å². The molecule has 6 heteroatoms. The molecule has 1 saturated heterocycles. The van der Waals surface area contributed by atoms with Crippen LogP contribution in [0, 0.1) is 6.92 Å². The Hall–Kier alpha value is -2.63. The lowest BCUT2D eigenvalue weighted by Crippen LogP contribution is -2.52. The Morgan fingerprint density at radius 1 is 1.32 bits per heavy atom. The largest absolute Gasteiger partial charge is 0.344 e. The lowest BCUT2D eigenvalue weighted by atomic mass is 10.0. The van der Waals surface area contributed by atoms with Gasteiger partial charge in [0, 0.05) is 37.6 Å². The summed E-state index contributed by atoms with van der Waals surface area (Å²) in [5.74, 6) is -0.0812. The highest BCUT2D eigenvalue weighted by Gasteiger charge is 2.30. The Kier molecular flexibility index (Phi) is 5.48. The number of piperidine rings is 1. The van der Waals surface area contributed by atoms with Crippen molar-refractivity contribution in [2.75, 3.05) is 11.4 Å². The summed E-state index contributed by atoms with van der Waals surface area (Å²) < 4.78 is 1.94. The van der Waals surface area contributed by atoms with E-state index in [4.69, 9.17) is 0 Å². The van der Waals surface area contributed by atoms with Crippen LogP contribution in [0.25, 0.3) is 0 Å². The molecule has 1 aromatic heterocycles. The quantitative estimate of drug-likeness (QED) is 0.877. The van der Waals surface area contributed by atoms with Crippen LogP contribution in [0.2, 0.25) is 0 Å². The van der Waals surface area contributed by atoms with E-state index in [1.807, 2.05) is 42.0 Å². The van der Waals surface area contributed by atoms with Gasteiger partial charge in [0.15, 0.2) is 0 Å². The van der Waals surface area contributed by atoms with Gasteiger partial charge >= 0.3 is 0 Å². The summed E-state index contributed by atoms with van der Waals surface area (Å²) in [6, 6.07) is 7.50. The van der Waals surface area contributed by atoms with Crippen LogP contribution in [0.15, 0.2) is 43.0 Å². The number of carbonyl (C=O) groups excluding carboxylic acids is 2. The average Bonchev–Trinajstić information content (AvgIpc) is 3.11. The predicted octanol–water partition coefficient (Wildman–Crippen LogP) is 2.28. The van der Waals surface area contributed by atoms with E-state index in [0.717, 1.165) is 30.6 Å². The summed E-state index contributed by atoms with van der Waals surface area (Å²) in [4.78, 5) is 30.6. The molecule has 0 bridgehead atoms. The average molecular weight is 340 g/mol. The fourth-order valence-corrected chi connectivity index (χ4v) is 3.10. The number of anilines is 1. The highest BCUT2D eigenvalue weighted by Crippen LogP contribution is 2.21. The maximum absolute atomic E-state index is 12.7. The number of aryl methyl sites for hydroxylation is 2. The Morgan fingerprint density at radius 2 is 2.12 bits per heavy atom. The van der Waals surface area contributed by atoms with E-state index in [9.17, 15) is 9.59 Å². The van der Waals surface area contributed by atoms with Crippen molar-refractivity contribution in [1.82, 2.24) is 14.9 Å². The molecule has 1 aliphatic heterocycles. The SMILES string of the molecule is Cc1ccc(N2CCC[C@@H](NC(=O)CCCn3ccnc3)C2=O)cc1. The zero-order valence-corrected chi connectivity index (χ0v) is 14.5. The molecule has 1 aliphatic rings. The van der Waals surface area contributed by atoms with Crippen LogP contribution in [0.1, 0.15) is 31.2 Å². The van der Waals surface area contributed by atoms with Crippen molar-refractivity contribution in [3.05, 3.63) is 48.5 Å². The van der Waals surface area contributed by atoms with Crippen molar-refractivity contribution in [3.8, 4) is 0 Å². The number of hydrogen-bond acceptors (Lipinski definition) is 3. The second kappa shape index (κ2) is 7.96. The highest BCUT2D eigenvalue weighted by molar-refractivity contribution is 5.99. The van der Waals surface area contributed by atoms with Crippen molar-refractivity contribution in [2.24, 2.45) is 0 Å². The summed E-state index contributed by atoms with van der Waals surface area (Å²) in [7, 11) is 0. The molecule has 0 aliphatic carbocycles. The van der Waals surface area contributed by atoms with Gasteiger partial charge in [-0.25, -0.2) is 4.98 Å². The van der Waals surface area contributed by atoms with Crippen LogP contribution in [-0.4, -0.2) is 34.0 Å². The van der Waals surface area contributed by atoms with Crippen LogP contribution >= 0.6 is 0 Å². The molecule has 2 amide bonds. The minimum absolute atomic E-state index is 0.0157. The molecule has 0 unspecified atom stereocenters. The lowest BCUT2D eigenvalue weighted by molar-refractivity contribution is -0.128. The van der Waals surface area contributed by atoms with E-state index in [2.05, 4.69) is 10.3 Å². The molecule has 3 rings (SSSR count). The third-order valence-electron chi connectivity index (χ3n) is 4.50. The number of rotatable bonds is 6. The van der Waals surface area contributed by atoms with Crippen LogP contribution in [0.5, 0.6) is 0 Å². The second-order valence-corrected chi connectivity index (χ2v) is 6.49. The Balaban J connectivity index is 1.52. The number of nitrogens with one attached hydrogen (secondary N) is 1. The standard InChI is InChI=1S/C19H24N4O2/c1-15-6-8-16(9-7-15)23-12-2-4-17(19(23)25)21-18(24)5-3-11-22-13-10-20-14-22/h6-10,13-14,17H,2-5,11-12H2,1H3,(H,21,24)/t17-/m1/s1. The van der Waals surface area contributed by atoms with Gasteiger partial charge in [-0.05, 0) is 38.3 Å². The minimum Gasteiger partial charge on any atom is -0.344 e. The molecule has 1 N–H and O–H groups in total. The zero-order chi connectivity index (χ0) is 17.6. The Morgan fingerprint density at radius 3 is 2.84 bits per heavy atom. The molecule has 0 radical (unpaired) electrons. The van der Waals surface area contributed by atoms with Gasteiger partial charge in [0.05, 0.1) is 6.33 Å². The van der Waals surface area contributed by atoms with Gasteiger partial charge in [0.2, 0.25) is 11.8 Å². The normalized spacial score (nSPS) is 17.6. The lowest BCUT2D eigenvalue weighted by Gasteiger charge is -2.32. The predicted molar refractivity (Wildman–Crippen MR) is 96.2 cm³/mol. The molecule has 1 atom stereocenters. The first-order valence-electron chi connectivity index (χ1n) is 8.76. The molecule has 1 fully saturated rings. The van der Waals surface area contributed by atoms with Gasteiger partial charge in [0.1, 0.15) is 6.04 Å². The van der Waals surface area contributed by atoms with Crippen molar-refractivity contribution < 1.29 is 9.59 Å². The van der Waals surface area contributed by atoms with E-state index < -0.39 is 6.04 Å². The molecule has 6 nitrogen and oxygen atoms in total. The summed E-state index contributed by atoms with van der Waals surface area (Å²) in [6.07, 6.45) is 8.07. The summed E-state index contributed by atoms with van der Waals surface area (Å²) in [5, 5.41) is 2.90. The smallest absolute Gasteiger partial charge is 0.249 e. The third kappa shape index (κ3) is 4.47. The fourth-order valence-electron chi connectivity index (χ4n) is 3.10. The van der Waals surface area contributed by atoms with E-state index in [1.54, 1.807) is 17.4 Å². The van der Waals surface area contributed by atoms with E-state index in [0.29, 0.717) is 19.4 Å². The first kappa shape index (κ1) is 17.2. The topological polar surface area (TPSA) is 67.2 Å². The minimum atomic E-state index is -0.421. The number of carbonyl (C=O) groups is 2. The number of benzene rings is 1. The van der Waals surface area contributed by atoms with Crippen molar-refractivity contribution in [1.29, 1.82) is 0 Å². The molecule has 1 aromatic carbocycles. The second-order valence-electron chi connectivity index (χ2n) is 6.49. The molecule has 25 heavy (non-hydrogen) atoms. The first-order chi connectivity index (χ1) is 12.1. The third-order valence-corrected chi connectivity index (χ3v) is 4.50. The maximum atomic E-state index is 12.7. The molecule has 2 heterocycles. The van der Waals surface area contributed by atoms with Gasteiger partial charge in [0.25, 0.3) is 0 Å². The molecule has 0 spiro atoms. The maximum Gasteiger partial charge on any atom is 0.249 e. The molecule has 0 saturated carbocycles. The number of imidazole rings is 1. The molecular formula is C19H24N4O2. The van der Waals surface area contributed by atoms with Crippen LogP contribution in [-0.2, 0) is 16.1 Å². The van der Waals surface area contributed by atoms with Gasteiger partial charge < -0.3 is 14.8 Å². The van der Waals surface area contributed by atoms with Gasteiger partial charge in [-0.3, -0.25) is 9.59 Å². The summed E-state index contributed by atoms with van der Waals surface area (Å²) in [5.41, 5.74) is 2.06. The summed E-state index contributed by atoms with van der Waals surface area (Å²) in [6.45, 7) is 3.48. The van der Waals surface area contributed by atoms with Gasteiger partial charge in [-0.1, -0.05) is 17.7 Å². The molecular weight excluding hydrogens is 316 g/mol. The van der Waals surface area contributed by atoms with Gasteiger partial charge in [-0.15, -0.1) is 0 Å². The van der Waals surface area contributed by atoms with Gasteiger partial charge in [-0.2, -0.15) is 0 Å².